The number of carbonyl (C=O) groups excluding carboxylic acids is 2. The number of aryl methyl sites for hydroxylation is 1. The standard InChI is InChI=1S/C23H31NO4S/c1-15-7-8-17(23(2,3)4)13-16(15)14-18-9-10-20(28-18)21(25)24-19(11-12-29-6)22(26)27-5/h7-10,13,19H,11-12,14H2,1-6H3,(H,24,25). The number of rotatable bonds is 8. The molecule has 0 saturated carbocycles. The molecule has 1 amide bonds. The number of benzene rings is 1. The summed E-state index contributed by atoms with van der Waals surface area (Å²) in [6.07, 6.45) is 3.06. The van der Waals surface area contributed by atoms with Gasteiger partial charge in [-0.3, -0.25) is 4.79 Å². The Kier molecular flexibility index (Phi) is 7.96. The Balaban J connectivity index is 2.12. The van der Waals surface area contributed by atoms with Crippen LogP contribution in [-0.2, 0) is 21.4 Å². The van der Waals surface area contributed by atoms with E-state index in [-0.39, 0.29) is 11.2 Å². The van der Waals surface area contributed by atoms with Crippen LogP contribution >= 0.6 is 11.8 Å². The van der Waals surface area contributed by atoms with Gasteiger partial charge in [0.25, 0.3) is 5.91 Å². The SMILES string of the molecule is COC(=O)C(CCSC)NC(=O)c1ccc(Cc2cc(C(C)(C)C)ccc2C)o1. The second-order valence-electron chi connectivity index (χ2n) is 8.16. The minimum atomic E-state index is -0.681. The Bertz CT molecular complexity index is 851. The fraction of sp³-hybridized carbons (Fsp3) is 0.478. The third-order valence-electron chi connectivity index (χ3n) is 4.87. The third kappa shape index (κ3) is 6.39. The first kappa shape index (κ1) is 23.1. The number of hydrogen-bond acceptors (Lipinski definition) is 5. The van der Waals surface area contributed by atoms with Gasteiger partial charge in [-0.05, 0) is 59.6 Å². The molecule has 0 radical (unpaired) electrons. The van der Waals surface area contributed by atoms with Crippen molar-refractivity contribution in [2.45, 2.75) is 52.0 Å². The topological polar surface area (TPSA) is 68.5 Å². The van der Waals surface area contributed by atoms with Gasteiger partial charge in [-0.1, -0.05) is 39.0 Å². The zero-order valence-electron chi connectivity index (χ0n) is 18.1. The van der Waals surface area contributed by atoms with Gasteiger partial charge in [0.15, 0.2) is 5.76 Å². The predicted octanol–water partition coefficient (Wildman–Crippen LogP) is 4.50. The second kappa shape index (κ2) is 10.0. The Labute approximate surface area is 177 Å². The van der Waals surface area contributed by atoms with Crippen LogP contribution in [0.3, 0.4) is 0 Å². The highest BCUT2D eigenvalue weighted by atomic mass is 32.2. The molecule has 0 aliphatic rings. The molecule has 5 nitrogen and oxygen atoms in total. The highest BCUT2D eigenvalue weighted by Gasteiger charge is 2.23. The summed E-state index contributed by atoms with van der Waals surface area (Å²) in [5.74, 6) is 0.791. The zero-order chi connectivity index (χ0) is 21.6. The lowest BCUT2D eigenvalue weighted by atomic mass is 9.85. The quantitative estimate of drug-likeness (QED) is 0.641. The van der Waals surface area contributed by atoms with E-state index in [1.54, 1.807) is 17.8 Å². The molecule has 29 heavy (non-hydrogen) atoms. The molecule has 2 rings (SSSR count). The summed E-state index contributed by atoms with van der Waals surface area (Å²) >= 11 is 1.61. The maximum Gasteiger partial charge on any atom is 0.328 e. The predicted molar refractivity (Wildman–Crippen MR) is 118 cm³/mol. The van der Waals surface area contributed by atoms with E-state index in [0.29, 0.717) is 18.6 Å². The largest absolute Gasteiger partial charge is 0.467 e. The van der Waals surface area contributed by atoms with Crippen LogP contribution in [0.25, 0.3) is 0 Å². The van der Waals surface area contributed by atoms with Crippen molar-refractivity contribution in [1.82, 2.24) is 5.32 Å². The first-order chi connectivity index (χ1) is 13.7. The second-order valence-corrected chi connectivity index (χ2v) is 9.15. The summed E-state index contributed by atoms with van der Waals surface area (Å²) in [5, 5.41) is 2.72. The van der Waals surface area contributed by atoms with Gasteiger partial charge in [0, 0.05) is 6.42 Å². The van der Waals surface area contributed by atoms with Gasteiger partial charge in [0.1, 0.15) is 11.8 Å². The first-order valence-corrected chi connectivity index (χ1v) is 11.1. The summed E-state index contributed by atoms with van der Waals surface area (Å²) in [7, 11) is 1.32. The minimum absolute atomic E-state index is 0.0658. The molecule has 1 atom stereocenters. The molecule has 0 spiro atoms. The molecule has 0 fully saturated rings. The molecule has 158 valence electrons. The minimum Gasteiger partial charge on any atom is -0.467 e. The van der Waals surface area contributed by atoms with Gasteiger partial charge >= 0.3 is 5.97 Å². The van der Waals surface area contributed by atoms with Crippen LogP contribution in [0.4, 0.5) is 0 Å². The van der Waals surface area contributed by atoms with Crippen molar-refractivity contribution in [3.8, 4) is 0 Å². The number of carbonyl (C=O) groups is 2. The van der Waals surface area contributed by atoms with Crippen LogP contribution < -0.4 is 5.32 Å². The average Bonchev–Trinajstić information content (AvgIpc) is 3.13. The Morgan fingerprint density at radius 1 is 1.21 bits per heavy atom. The number of thioether (sulfide) groups is 1. The van der Waals surface area contributed by atoms with Gasteiger partial charge in [0.2, 0.25) is 0 Å². The number of hydrogen-bond donors (Lipinski definition) is 1. The molecular weight excluding hydrogens is 386 g/mol. The van der Waals surface area contributed by atoms with Crippen LogP contribution in [0.5, 0.6) is 0 Å². The van der Waals surface area contributed by atoms with Crippen molar-refractivity contribution in [2.75, 3.05) is 19.1 Å². The van der Waals surface area contributed by atoms with E-state index in [9.17, 15) is 9.59 Å². The van der Waals surface area contributed by atoms with Gasteiger partial charge in [-0.15, -0.1) is 0 Å². The summed E-state index contributed by atoms with van der Waals surface area (Å²) in [6, 6.07) is 9.26. The fourth-order valence-electron chi connectivity index (χ4n) is 2.97. The fourth-order valence-corrected chi connectivity index (χ4v) is 3.44. The molecule has 1 N–H and O–H groups in total. The molecule has 1 aromatic heterocycles. The van der Waals surface area contributed by atoms with Crippen molar-refractivity contribution >= 4 is 23.6 Å². The van der Waals surface area contributed by atoms with Gasteiger partial charge in [0.05, 0.1) is 7.11 Å². The zero-order valence-corrected chi connectivity index (χ0v) is 18.9. The lowest BCUT2D eigenvalue weighted by Crippen LogP contribution is -2.41. The normalized spacial score (nSPS) is 12.5. The Morgan fingerprint density at radius 3 is 2.55 bits per heavy atom. The average molecular weight is 418 g/mol. The van der Waals surface area contributed by atoms with E-state index in [0.717, 1.165) is 5.75 Å². The Morgan fingerprint density at radius 2 is 1.93 bits per heavy atom. The van der Waals surface area contributed by atoms with Crippen LogP contribution in [0.1, 0.15) is 60.2 Å². The molecule has 1 heterocycles. The lowest BCUT2D eigenvalue weighted by Gasteiger charge is -2.20. The highest BCUT2D eigenvalue weighted by Crippen LogP contribution is 2.26. The maximum atomic E-state index is 12.5. The number of amides is 1. The molecule has 0 aliphatic heterocycles. The number of esters is 1. The number of ether oxygens (including phenoxy) is 1. The van der Waals surface area contributed by atoms with Crippen molar-refractivity contribution in [3.63, 3.8) is 0 Å². The molecule has 1 aromatic carbocycles. The summed E-state index contributed by atoms with van der Waals surface area (Å²) in [5.41, 5.74) is 3.68. The van der Waals surface area contributed by atoms with Crippen LogP contribution in [0.2, 0.25) is 0 Å². The maximum absolute atomic E-state index is 12.5. The van der Waals surface area contributed by atoms with E-state index in [1.807, 2.05) is 12.3 Å². The van der Waals surface area contributed by atoms with Crippen molar-refractivity contribution in [3.05, 3.63) is 58.5 Å². The summed E-state index contributed by atoms with van der Waals surface area (Å²) in [6.45, 7) is 8.63. The van der Waals surface area contributed by atoms with Crippen molar-refractivity contribution in [1.29, 1.82) is 0 Å². The van der Waals surface area contributed by atoms with Gasteiger partial charge < -0.3 is 14.5 Å². The van der Waals surface area contributed by atoms with Crippen LogP contribution in [0, 0.1) is 6.92 Å². The van der Waals surface area contributed by atoms with Crippen molar-refractivity contribution < 1.29 is 18.7 Å². The molecule has 0 saturated heterocycles. The van der Waals surface area contributed by atoms with E-state index in [1.165, 1.54) is 23.8 Å². The smallest absolute Gasteiger partial charge is 0.328 e. The van der Waals surface area contributed by atoms with Crippen LogP contribution in [-0.4, -0.2) is 37.0 Å². The highest BCUT2D eigenvalue weighted by molar-refractivity contribution is 7.98. The Hall–Kier alpha value is -2.21. The monoisotopic (exact) mass is 417 g/mol. The molecule has 2 aromatic rings. The van der Waals surface area contributed by atoms with E-state index < -0.39 is 17.9 Å². The van der Waals surface area contributed by atoms with Gasteiger partial charge in [-0.2, -0.15) is 11.8 Å². The molecule has 0 aliphatic carbocycles. The third-order valence-corrected chi connectivity index (χ3v) is 5.51. The van der Waals surface area contributed by atoms with E-state index in [4.69, 9.17) is 9.15 Å². The van der Waals surface area contributed by atoms with Crippen LogP contribution in [0.15, 0.2) is 34.7 Å². The van der Waals surface area contributed by atoms with Crippen molar-refractivity contribution in [2.24, 2.45) is 0 Å². The summed E-state index contributed by atoms with van der Waals surface area (Å²) < 4.78 is 10.6. The molecular formula is C23H31NO4S. The molecule has 0 bridgehead atoms. The number of furan rings is 1. The lowest BCUT2D eigenvalue weighted by molar-refractivity contribution is -0.142. The summed E-state index contributed by atoms with van der Waals surface area (Å²) in [4.78, 5) is 24.4. The molecule has 6 heteroatoms. The van der Waals surface area contributed by atoms with E-state index >= 15 is 0 Å². The number of methoxy groups -OCH3 is 1. The number of nitrogens with one attached hydrogen (secondary N) is 1. The van der Waals surface area contributed by atoms with Gasteiger partial charge in [-0.25, -0.2) is 4.79 Å². The molecule has 1 unspecified atom stereocenters. The first-order valence-electron chi connectivity index (χ1n) is 9.72. The van der Waals surface area contributed by atoms with E-state index in [2.05, 4.69) is 51.2 Å².